The van der Waals surface area contributed by atoms with E-state index in [1.807, 2.05) is 25.2 Å². The lowest BCUT2D eigenvalue weighted by atomic mass is 10.2. The fourth-order valence-corrected chi connectivity index (χ4v) is 15.4. The van der Waals surface area contributed by atoms with Crippen LogP contribution in [0.5, 0.6) is 0 Å². The van der Waals surface area contributed by atoms with Gasteiger partial charge in [0, 0.05) is 19.2 Å². The van der Waals surface area contributed by atoms with Gasteiger partial charge < -0.3 is 13.8 Å². The van der Waals surface area contributed by atoms with Crippen molar-refractivity contribution >= 4 is 41.7 Å². The quantitative estimate of drug-likeness (QED) is 0.401. The van der Waals surface area contributed by atoms with Crippen LogP contribution in [0.1, 0.15) is 19.3 Å². The first-order chi connectivity index (χ1) is 12.8. The van der Waals surface area contributed by atoms with Crippen LogP contribution in [0.4, 0.5) is 10.1 Å². The Morgan fingerprint density at radius 1 is 1.11 bits per heavy atom. The third kappa shape index (κ3) is 8.69. The molecule has 0 aliphatic rings. The lowest BCUT2D eigenvalue weighted by molar-refractivity contribution is -0.118. The lowest BCUT2D eigenvalue weighted by Gasteiger charge is -2.33. The topological polar surface area (TPSA) is 49.8 Å². The van der Waals surface area contributed by atoms with Gasteiger partial charge in [-0.2, -0.15) is 0 Å². The van der Waals surface area contributed by atoms with Crippen LogP contribution in [0.15, 0.2) is 24.3 Å². The maximum absolute atomic E-state index is 12.4. The summed E-state index contributed by atoms with van der Waals surface area (Å²) in [6.45, 7) is 12.3. The molecule has 0 aromatic heterocycles. The van der Waals surface area contributed by atoms with Crippen molar-refractivity contribution < 1.29 is 18.1 Å². The zero-order chi connectivity index (χ0) is 21.6. The number of amides is 1. The van der Waals surface area contributed by atoms with E-state index in [4.69, 9.17) is 4.12 Å². The summed E-state index contributed by atoms with van der Waals surface area (Å²) in [5.74, 6) is 0.0298. The third-order valence-corrected chi connectivity index (χ3v) is 14.6. The molecule has 1 aromatic carbocycles. The Balaban J connectivity index is 2.84. The molecule has 4 nitrogen and oxygen atoms in total. The molecule has 0 saturated heterocycles. The fraction of sp³-hybridized carbons (Fsp3) is 0.650. The molecule has 0 saturated carbocycles. The molecule has 1 aromatic rings. The molecule has 0 unspecified atom stereocenters. The number of rotatable bonds is 11. The van der Waals surface area contributed by atoms with E-state index < -0.39 is 25.0 Å². The monoisotopic (exact) mass is 443 g/mol. The smallest absolute Gasteiger partial charge is 0.318 e. The van der Waals surface area contributed by atoms with Crippen LogP contribution >= 0.6 is 0 Å². The summed E-state index contributed by atoms with van der Waals surface area (Å²) in [4.78, 5) is 24.2. The van der Waals surface area contributed by atoms with Crippen LogP contribution in [0, 0.1) is 0 Å². The molecule has 0 fully saturated rings. The number of carbonyl (C=O) groups is 1. The van der Waals surface area contributed by atoms with E-state index in [1.54, 1.807) is 11.9 Å². The third-order valence-electron chi connectivity index (χ3n) is 5.04. The van der Waals surface area contributed by atoms with E-state index in [1.165, 1.54) is 5.19 Å². The largest absolute Gasteiger partial charge is 0.436 e. The molecule has 0 spiro atoms. The molecule has 0 radical (unpaired) electrons. The number of nitrogens with zero attached hydrogens (tertiary/aromatic N) is 1. The minimum absolute atomic E-state index is 0.0298. The van der Waals surface area contributed by atoms with E-state index >= 15 is 0 Å². The van der Waals surface area contributed by atoms with Crippen LogP contribution in [-0.2, 0) is 8.91 Å². The van der Waals surface area contributed by atoms with Crippen LogP contribution in [0.25, 0.3) is 0 Å². The van der Waals surface area contributed by atoms with Crippen molar-refractivity contribution in [3.05, 3.63) is 24.3 Å². The first-order valence-electron chi connectivity index (χ1n) is 10.1. The molecule has 0 bridgehead atoms. The fourth-order valence-electron chi connectivity index (χ4n) is 3.30. The summed E-state index contributed by atoms with van der Waals surface area (Å²) in [5, 5.41) is 1.32. The minimum Gasteiger partial charge on any atom is -0.436 e. The Hall–Kier alpha value is -0.809. The maximum Gasteiger partial charge on any atom is 0.318 e. The molecule has 28 heavy (non-hydrogen) atoms. The molecule has 1 N–H and O–H groups in total. The van der Waals surface area contributed by atoms with Crippen LogP contribution in [0.3, 0.4) is 0 Å². The highest BCUT2D eigenvalue weighted by atomic mass is 28.4. The van der Waals surface area contributed by atoms with Crippen molar-refractivity contribution in [2.45, 2.75) is 70.6 Å². The molecule has 0 aliphatic heterocycles. The van der Waals surface area contributed by atoms with Crippen molar-refractivity contribution in [1.82, 2.24) is 0 Å². The van der Waals surface area contributed by atoms with Gasteiger partial charge >= 0.3 is 8.56 Å². The molecule has 160 valence electrons. The molecule has 0 atom stereocenters. The zero-order valence-corrected chi connectivity index (χ0v) is 21.6. The summed E-state index contributed by atoms with van der Waals surface area (Å²) in [5.41, 5.74) is 0.903. The Morgan fingerprint density at radius 3 is 2.32 bits per heavy atom. The van der Waals surface area contributed by atoms with Gasteiger partial charge in [-0.25, -0.2) is 0 Å². The molecular weight excluding hydrogens is 405 g/mol. The number of benzene rings is 1. The van der Waals surface area contributed by atoms with E-state index in [0.717, 1.165) is 17.8 Å². The second-order valence-corrected chi connectivity index (χ2v) is 21.9. The molecule has 8 heteroatoms. The summed E-state index contributed by atoms with van der Waals surface area (Å²) in [6.07, 6.45) is 1.40. The first kappa shape index (κ1) is 25.2. The SMILES string of the molecule is CN(C(=O)CCCCF)c1cccc([Si](C)(C)CC[Si](C)(C)O[Si](C)(C)O)c1. The van der Waals surface area contributed by atoms with Crippen LogP contribution in [-0.4, -0.2) is 49.4 Å². The summed E-state index contributed by atoms with van der Waals surface area (Å²) < 4.78 is 18.3. The Morgan fingerprint density at radius 2 is 1.75 bits per heavy atom. The molecular formula is C20H38FNO3Si3. The number of carbonyl (C=O) groups excluding carboxylic acids is 1. The standard InChI is InChI=1S/C20H38FNO3Si3/c1-22(20(23)13-8-9-14-21)18-11-10-12-19(17-18)26(2,3)15-16-27(4,5)25-28(6,7)24/h10-12,17,24H,8-9,13-16H2,1-7H3. The van der Waals surface area contributed by atoms with E-state index in [2.05, 4.69) is 38.3 Å². The molecule has 1 rings (SSSR count). The number of alkyl halides is 1. The van der Waals surface area contributed by atoms with Gasteiger partial charge in [0.25, 0.3) is 0 Å². The van der Waals surface area contributed by atoms with Crippen molar-refractivity contribution in [3.8, 4) is 0 Å². The highest BCUT2D eigenvalue weighted by Crippen LogP contribution is 2.25. The normalized spacial score (nSPS) is 12.9. The highest BCUT2D eigenvalue weighted by molar-refractivity contribution is 6.91. The van der Waals surface area contributed by atoms with Gasteiger partial charge in [-0.1, -0.05) is 36.5 Å². The van der Waals surface area contributed by atoms with E-state index in [-0.39, 0.29) is 12.6 Å². The number of halogens is 1. The Labute approximate surface area is 173 Å². The first-order valence-corrected chi connectivity index (χ1v) is 19.3. The molecule has 1 amide bonds. The predicted octanol–water partition coefficient (Wildman–Crippen LogP) is 4.62. The van der Waals surface area contributed by atoms with E-state index in [9.17, 15) is 14.0 Å². The minimum atomic E-state index is -2.51. The van der Waals surface area contributed by atoms with Gasteiger partial charge in [0.2, 0.25) is 5.91 Å². The number of unbranched alkanes of at least 4 members (excludes halogenated alkanes) is 1. The molecule has 0 heterocycles. The highest BCUT2D eigenvalue weighted by Gasteiger charge is 2.34. The second kappa shape index (κ2) is 10.3. The van der Waals surface area contributed by atoms with Crippen LogP contribution in [0.2, 0.25) is 51.4 Å². The summed E-state index contributed by atoms with van der Waals surface area (Å²) in [7, 11) is -4.32. The van der Waals surface area contributed by atoms with Crippen molar-refractivity contribution in [1.29, 1.82) is 0 Å². The number of anilines is 1. The van der Waals surface area contributed by atoms with Crippen molar-refractivity contribution in [2.75, 3.05) is 18.6 Å². The van der Waals surface area contributed by atoms with Crippen molar-refractivity contribution in [2.24, 2.45) is 0 Å². The predicted molar refractivity (Wildman–Crippen MR) is 125 cm³/mol. The van der Waals surface area contributed by atoms with Crippen LogP contribution < -0.4 is 10.1 Å². The van der Waals surface area contributed by atoms with E-state index in [0.29, 0.717) is 19.3 Å². The number of hydrogen-bond donors (Lipinski definition) is 1. The Bertz CT molecular complexity index is 648. The van der Waals surface area contributed by atoms with Gasteiger partial charge in [0.15, 0.2) is 8.32 Å². The van der Waals surface area contributed by atoms with Gasteiger partial charge in [-0.3, -0.25) is 9.18 Å². The lowest BCUT2D eigenvalue weighted by Crippen LogP contribution is -2.48. The average molecular weight is 444 g/mol. The zero-order valence-electron chi connectivity index (χ0n) is 18.6. The van der Waals surface area contributed by atoms with Crippen molar-refractivity contribution in [3.63, 3.8) is 0 Å². The second-order valence-electron chi connectivity index (χ2n) is 9.34. The summed E-state index contributed by atoms with van der Waals surface area (Å²) >= 11 is 0. The van der Waals surface area contributed by atoms with Gasteiger partial charge in [0.05, 0.1) is 14.7 Å². The van der Waals surface area contributed by atoms with Gasteiger partial charge in [-0.15, -0.1) is 0 Å². The number of hydrogen-bond acceptors (Lipinski definition) is 3. The van der Waals surface area contributed by atoms with Gasteiger partial charge in [-0.05, 0) is 57.2 Å². The summed E-state index contributed by atoms with van der Waals surface area (Å²) in [6, 6.07) is 10.4. The Kier molecular flexibility index (Phi) is 9.27. The molecule has 0 aliphatic carbocycles. The van der Waals surface area contributed by atoms with Gasteiger partial charge in [0.1, 0.15) is 0 Å². The average Bonchev–Trinajstić information content (AvgIpc) is 2.58. The maximum atomic E-state index is 12.4.